The van der Waals surface area contributed by atoms with Gasteiger partial charge in [-0.1, -0.05) is 23.7 Å². The zero-order chi connectivity index (χ0) is 20.4. The summed E-state index contributed by atoms with van der Waals surface area (Å²) in [5, 5.41) is 4.12. The van der Waals surface area contributed by atoms with E-state index in [0.717, 1.165) is 43.1 Å². The fourth-order valence-electron chi connectivity index (χ4n) is 4.03. The number of hydrogen-bond acceptors (Lipinski definition) is 6. The highest BCUT2D eigenvalue weighted by atomic mass is 35.5. The topological polar surface area (TPSA) is 87.4 Å². The van der Waals surface area contributed by atoms with Crippen LogP contribution in [-0.4, -0.2) is 59.0 Å². The highest BCUT2D eigenvalue weighted by molar-refractivity contribution is 6.30. The number of nitrogens with two attached hydrogens (primary N) is 1. The summed E-state index contributed by atoms with van der Waals surface area (Å²) in [6.45, 7) is 4.96. The molecule has 1 fully saturated rings. The Morgan fingerprint density at radius 1 is 1.19 bits per heavy atom. The summed E-state index contributed by atoms with van der Waals surface area (Å²) in [5.41, 5.74) is 8.40. The van der Waals surface area contributed by atoms with Gasteiger partial charge in [-0.2, -0.15) is 0 Å². The van der Waals surface area contributed by atoms with Gasteiger partial charge in [0.2, 0.25) is 5.91 Å². The Morgan fingerprint density at radius 2 is 1.87 bits per heavy atom. The summed E-state index contributed by atoms with van der Waals surface area (Å²) < 4.78 is 0. The maximum Gasteiger partial charge on any atom is 0.239 e. The minimum Gasteiger partial charge on any atom is -0.367 e. The summed E-state index contributed by atoms with van der Waals surface area (Å²) in [6, 6.07) is 7.37. The van der Waals surface area contributed by atoms with Crippen molar-refractivity contribution in [3.05, 3.63) is 46.7 Å². The van der Waals surface area contributed by atoms with Crippen LogP contribution in [0.1, 0.15) is 24.5 Å². The number of rotatable bonds is 4. The number of amides is 1. The summed E-state index contributed by atoms with van der Waals surface area (Å²) >= 11 is 5.92. The number of nitrogens with one attached hydrogen (secondary N) is 1. The first-order chi connectivity index (χ1) is 14.0. The predicted molar refractivity (Wildman–Crippen MR) is 130 cm³/mol. The first kappa shape index (κ1) is 25.5. The van der Waals surface area contributed by atoms with Crippen LogP contribution in [0.15, 0.2) is 30.6 Å². The Morgan fingerprint density at radius 3 is 2.55 bits per heavy atom. The summed E-state index contributed by atoms with van der Waals surface area (Å²) in [7, 11) is 0. The van der Waals surface area contributed by atoms with Gasteiger partial charge in [-0.3, -0.25) is 4.79 Å². The van der Waals surface area contributed by atoms with Crippen LogP contribution in [0.4, 0.5) is 11.6 Å². The maximum atomic E-state index is 12.8. The summed E-state index contributed by atoms with van der Waals surface area (Å²) in [5.74, 6) is 1.93. The lowest BCUT2D eigenvalue weighted by molar-refractivity contribution is -0.132. The van der Waals surface area contributed by atoms with Crippen molar-refractivity contribution < 1.29 is 4.79 Å². The third-order valence-corrected chi connectivity index (χ3v) is 5.96. The lowest BCUT2D eigenvalue weighted by atomic mass is 10.0. The summed E-state index contributed by atoms with van der Waals surface area (Å²) in [6.07, 6.45) is 4.19. The molecule has 2 aliphatic rings. The molecule has 1 saturated heterocycles. The smallest absolute Gasteiger partial charge is 0.239 e. The van der Waals surface area contributed by atoms with Crippen LogP contribution in [0.2, 0.25) is 5.02 Å². The molecule has 2 aliphatic heterocycles. The zero-order valence-electron chi connectivity index (χ0n) is 17.5. The normalized spacial score (nSPS) is 18.7. The van der Waals surface area contributed by atoms with E-state index in [1.54, 1.807) is 6.33 Å². The van der Waals surface area contributed by atoms with Crippen molar-refractivity contribution in [2.24, 2.45) is 5.73 Å². The number of piperazine rings is 1. The lowest BCUT2D eigenvalue weighted by Gasteiger charge is -2.38. The van der Waals surface area contributed by atoms with Crippen LogP contribution < -0.4 is 16.0 Å². The monoisotopic (exact) mass is 486 g/mol. The zero-order valence-corrected chi connectivity index (χ0v) is 19.8. The first-order valence-corrected chi connectivity index (χ1v) is 10.5. The second-order valence-corrected chi connectivity index (χ2v) is 8.29. The van der Waals surface area contributed by atoms with Gasteiger partial charge >= 0.3 is 0 Å². The molecule has 170 valence electrons. The second kappa shape index (κ2) is 11.2. The van der Waals surface area contributed by atoms with E-state index >= 15 is 0 Å². The molecule has 1 unspecified atom stereocenters. The molecule has 10 heteroatoms. The molecule has 1 amide bonds. The van der Waals surface area contributed by atoms with Crippen molar-refractivity contribution >= 4 is 54.0 Å². The van der Waals surface area contributed by atoms with Crippen molar-refractivity contribution in [3.63, 3.8) is 0 Å². The number of fused-ring (bicyclic) bond motifs is 1. The average Bonchev–Trinajstić information content (AvgIpc) is 2.74. The molecule has 0 spiro atoms. The van der Waals surface area contributed by atoms with E-state index in [4.69, 9.17) is 17.3 Å². The lowest BCUT2D eigenvalue weighted by Crippen LogP contribution is -2.54. The molecule has 1 aromatic carbocycles. The predicted octanol–water partition coefficient (Wildman–Crippen LogP) is 2.94. The van der Waals surface area contributed by atoms with Gasteiger partial charge in [-0.25, -0.2) is 9.97 Å². The van der Waals surface area contributed by atoms with Crippen LogP contribution >= 0.6 is 36.4 Å². The molecule has 3 heterocycles. The molecule has 2 aromatic rings. The number of anilines is 2. The van der Waals surface area contributed by atoms with E-state index in [-0.39, 0.29) is 30.7 Å². The quantitative estimate of drug-likeness (QED) is 0.689. The van der Waals surface area contributed by atoms with Gasteiger partial charge in [-0.15, -0.1) is 24.8 Å². The van der Waals surface area contributed by atoms with Gasteiger partial charge in [0.15, 0.2) is 0 Å². The van der Waals surface area contributed by atoms with E-state index in [1.807, 2.05) is 29.2 Å². The number of carbonyl (C=O) groups is 1. The fraction of sp³-hybridized carbons (Fsp3) is 0.476. The Labute approximate surface area is 200 Å². The molecule has 7 nitrogen and oxygen atoms in total. The number of hydrogen-bond donors (Lipinski definition) is 2. The Hall–Kier alpha value is -1.80. The average molecular weight is 488 g/mol. The van der Waals surface area contributed by atoms with E-state index in [9.17, 15) is 4.79 Å². The maximum absolute atomic E-state index is 12.8. The van der Waals surface area contributed by atoms with Crippen LogP contribution in [-0.2, 0) is 17.6 Å². The van der Waals surface area contributed by atoms with E-state index in [1.165, 1.54) is 5.56 Å². The van der Waals surface area contributed by atoms with Crippen LogP contribution in [0.3, 0.4) is 0 Å². The van der Waals surface area contributed by atoms with Gasteiger partial charge in [0.1, 0.15) is 18.0 Å². The van der Waals surface area contributed by atoms with Crippen LogP contribution in [0.25, 0.3) is 0 Å². The number of benzene rings is 1. The molecule has 0 aliphatic carbocycles. The van der Waals surface area contributed by atoms with Crippen molar-refractivity contribution in [1.29, 1.82) is 0 Å². The standard InChI is InChI=1S/C21H27ClN6O.2ClH/c1-14-2-7-17-19(26-14)24-13-25-20(17)27-8-10-28(11-9-27)21(29)18(23)12-15-3-5-16(22)6-4-15;;/h3-6,13-14,18H,2,7-12,23H2,1H3,(H,24,25,26);2*1H/t14?,18-;;/m0../s1. The molecule has 4 rings (SSSR count). The first-order valence-electron chi connectivity index (χ1n) is 10.2. The molecule has 31 heavy (non-hydrogen) atoms. The third-order valence-electron chi connectivity index (χ3n) is 5.71. The molecule has 3 N–H and O–H groups in total. The molecular weight excluding hydrogens is 459 g/mol. The number of carbonyl (C=O) groups excluding carboxylic acids is 1. The Bertz CT molecular complexity index is 874. The largest absolute Gasteiger partial charge is 0.367 e. The molecule has 0 saturated carbocycles. The molecule has 0 radical (unpaired) electrons. The Kier molecular flexibility index (Phi) is 9.18. The molecule has 2 atom stereocenters. The SMILES string of the molecule is CC1CCc2c(ncnc2N2CCN(C(=O)[C@@H](N)Cc3ccc(Cl)cc3)CC2)N1.Cl.Cl. The van der Waals surface area contributed by atoms with Gasteiger partial charge in [0.25, 0.3) is 0 Å². The Balaban J connectivity index is 0.00000171. The van der Waals surface area contributed by atoms with E-state index in [0.29, 0.717) is 30.6 Å². The van der Waals surface area contributed by atoms with Gasteiger partial charge in [0.05, 0.1) is 6.04 Å². The van der Waals surface area contributed by atoms with E-state index < -0.39 is 6.04 Å². The van der Waals surface area contributed by atoms with Crippen LogP contribution in [0.5, 0.6) is 0 Å². The number of nitrogens with zero attached hydrogens (tertiary/aromatic N) is 4. The van der Waals surface area contributed by atoms with Gasteiger partial charge in [-0.05, 0) is 43.9 Å². The number of aromatic nitrogens is 2. The molecule has 1 aromatic heterocycles. The van der Waals surface area contributed by atoms with E-state index in [2.05, 4.69) is 27.1 Å². The van der Waals surface area contributed by atoms with Crippen LogP contribution in [0, 0.1) is 0 Å². The number of halogens is 3. The fourth-order valence-corrected chi connectivity index (χ4v) is 4.16. The highest BCUT2D eigenvalue weighted by Crippen LogP contribution is 2.30. The highest BCUT2D eigenvalue weighted by Gasteiger charge is 2.28. The van der Waals surface area contributed by atoms with Gasteiger partial charge < -0.3 is 20.9 Å². The van der Waals surface area contributed by atoms with Crippen molar-refractivity contribution in [1.82, 2.24) is 14.9 Å². The molecular formula is C21H29Cl3N6O. The van der Waals surface area contributed by atoms with Crippen molar-refractivity contribution in [3.8, 4) is 0 Å². The third kappa shape index (κ3) is 5.92. The summed E-state index contributed by atoms with van der Waals surface area (Å²) in [4.78, 5) is 25.9. The second-order valence-electron chi connectivity index (χ2n) is 7.86. The minimum absolute atomic E-state index is 0. The minimum atomic E-state index is -0.541. The molecule has 0 bridgehead atoms. The van der Waals surface area contributed by atoms with Crippen molar-refractivity contribution in [2.45, 2.75) is 38.3 Å². The van der Waals surface area contributed by atoms with Crippen molar-refractivity contribution in [2.75, 3.05) is 36.4 Å². The van der Waals surface area contributed by atoms with Gasteiger partial charge in [0, 0.05) is 42.8 Å².